The molecule has 2 heterocycles. The molecule has 0 fully saturated rings. The lowest BCUT2D eigenvalue weighted by Gasteiger charge is -2.05. The van der Waals surface area contributed by atoms with Crippen LogP contribution < -0.4 is 5.32 Å². The Hall–Kier alpha value is -2.96. The minimum atomic E-state index is -1.06. The van der Waals surface area contributed by atoms with Crippen LogP contribution in [0.4, 0.5) is 5.00 Å². The van der Waals surface area contributed by atoms with Crippen molar-refractivity contribution < 1.29 is 14.7 Å². The molecule has 2 N–H and O–H groups in total. The molecule has 0 saturated carbocycles. The van der Waals surface area contributed by atoms with Crippen molar-refractivity contribution in [1.82, 2.24) is 0 Å². The summed E-state index contributed by atoms with van der Waals surface area (Å²) >= 11 is 2.63. The molecule has 140 valence electrons. The number of amides is 1. The highest BCUT2D eigenvalue weighted by Crippen LogP contribution is 2.36. The van der Waals surface area contributed by atoms with Gasteiger partial charge in [0.15, 0.2) is 0 Å². The fourth-order valence-corrected chi connectivity index (χ4v) is 4.94. The van der Waals surface area contributed by atoms with Gasteiger partial charge in [-0.1, -0.05) is 47.5 Å². The predicted octanol–water partition coefficient (Wildman–Crippen LogP) is 6.20. The molecule has 0 aliphatic heterocycles. The maximum atomic E-state index is 12.7. The van der Waals surface area contributed by atoms with Crippen molar-refractivity contribution in [3.63, 3.8) is 0 Å². The van der Waals surface area contributed by atoms with Crippen LogP contribution in [0.25, 0.3) is 21.2 Å². The van der Waals surface area contributed by atoms with Crippen LogP contribution in [0.1, 0.15) is 31.2 Å². The normalized spacial score (nSPS) is 10.9. The van der Waals surface area contributed by atoms with Gasteiger partial charge < -0.3 is 10.4 Å². The zero-order valence-electron chi connectivity index (χ0n) is 15.3. The third kappa shape index (κ3) is 3.44. The number of carboxylic acid groups (broad SMARTS) is 1. The fourth-order valence-electron chi connectivity index (χ4n) is 3.05. The molecule has 2 aromatic carbocycles. The standard InChI is InChI=1S/C22H17NO3S2/c1-12-3-6-14(7-4-12)16-11-27-21(19(16)22(25)26)23-20(24)18-10-15-9-13(2)5-8-17(15)28-18/h3-11H,1-2H3,(H,23,24)(H,25,26). The van der Waals surface area contributed by atoms with E-state index in [0.29, 0.717) is 15.4 Å². The molecule has 0 bridgehead atoms. The molecule has 0 radical (unpaired) electrons. The number of fused-ring (bicyclic) bond motifs is 1. The molecule has 4 aromatic rings. The Bertz CT molecular complexity index is 1200. The smallest absolute Gasteiger partial charge is 0.339 e. The number of hydrogen-bond acceptors (Lipinski definition) is 4. The number of aromatic carboxylic acids is 1. The van der Waals surface area contributed by atoms with E-state index >= 15 is 0 Å². The van der Waals surface area contributed by atoms with Crippen LogP contribution in [0.2, 0.25) is 0 Å². The summed E-state index contributed by atoms with van der Waals surface area (Å²) in [7, 11) is 0. The number of anilines is 1. The fraction of sp³-hybridized carbons (Fsp3) is 0.0909. The van der Waals surface area contributed by atoms with E-state index < -0.39 is 5.97 Å². The van der Waals surface area contributed by atoms with Crippen molar-refractivity contribution in [2.45, 2.75) is 13.8 Å². The van der Waals surface area contributed by atoms with Crippen molar-refractivity contribution in [1.29, 1.82) is 0 Å². The van der Waals surface area contributed by atoms with Crippen molar-refractivity contribution in [2.24, 2.45) is 0 Å². The third-order valence-corrected chi connectivity index (χ3v) is 6.50. The number of carbonyl (C=O) groups is 2. The zero-order valence-corrected chi connectivity index (χ0v) is 16.9. The molecule has 1 amide bonds. The number of carboxylic acids is 1. The maximum Gasteiger partial charge on any atom is 0.339 e. The summed E-state index contributed by atoms with van der Waals surface area (Å²) in [5, 5.41) is 15.7. The highest BCUT2D eigenvalue weighted by molar-refractivity contribution is 7.21. The van der Waals surface area contributed by atoms with Crippen LogP contribution in [-0.4, -0.2) is 17.0 Å². The molecule has 0 spiro atoms. The van der Waals surface area contributed by atoms with E-state index in [-0.39, 0.29) is 11.5 Å². The number of thiophene rings is 2. The zero-order chi connectivity index (χ0) is 19.8. The summed E-state index contributed by atoms with van der Waals surface area (Å²) in [6, 6.07) is 15.6. The second-order valence-electron chi connectivity index (χ2n) is 6.63. The number of aryl methyl sites for hydroxylation is 2. The van der Waals surface area contributed by atoms with E-state index in [0.717, 1.165) is 26.8 Å². The van der Waals surface area contributed by atoms with Gasteiger partial charge in [0.2, 0.25) is 0 Å². The summed E-state index contributed by atoms with van der Waals surface area (Å²) in [5.41, 5.74) is 3.78. The van der Waals surface area contributed by atoms with E-state index in [1.807, 2.05) is 62.4 Å². The second-order valence-corrected chi connectivity index (χ2v) is 8.59. The van der Waals surface area contributed by atoms with Gasteiger partial charge in [-0.05, 0) is 36.9 Å². The summed E-state index contributed by atoms with van der Waals surface area (Å²) in [6.07, 6.45) is 0. The summed E-state index contributed by atoms with van der Waals surface area (Å²) in [5.74, 6) is -1.35. The van der Waals surface area contributed by atoms with Gasteiger partial charge in [0, 0.05) is 15.6 Å². The molecule has 0 saturated heterocycles. The average molecular weight is 408 g/mol. The van der Waals surface area contributed by atoms with Gasteiger partial charge in [-0.25, -0.2) is 4.79 Å². The van der Waals surface area contributed by atoms with Crippen molar-refractivity contribution in [3.8, 4) is 11.1 Å². The van der Waals surface area contributed by atoms with Crippen LogP contribution in [0.5, 0.6) is 0 Å². The molecular formula is C22H17NO3S2. The third-order valence-electron chi connectivity index (χ3n) is 4.49. The quantitative estimate of drug-likeness (QED) is 0.423. The molecule has 4 nitrogen and oxygen atoms in total. The van der Waals surface area contributed by atoms with E-state index in [1.54, 1.807) is 5.38 Å². The van der Waals surface area contributed by atoms with Gasteiger partial charge in [-0.2, -0.15) is 0 Å². The number of hydrogen-bond donors (Lipinski definition) is 2. The van der Waals surface area contributed by atoms with Crippen LogP contribution in [-0.2, 0) is 0 Å². The molecule has 0 aliphatic rings. The second kappa shape index (κ2) is 7.22. The number of carbonyl (C=O) groups excluding carboxylic acids is 1. The topological polar surface area (TPSA) is 66.4 Å². The van der Waals surface area contributed by atoms with Gasteiger partial charge in [0.25, 0.3) is 5.91 Å². The molecule has 0 unspecified atom stereocenters. The summed E-state index contributed by atoms with van der Waals surface area (Å²) in [6.45, 7) is 3.99. The Morgan fingerprint density at radius 2 is 1.68 bits per heavy atom. The van der Waals surface area contributed by atoms with Gasteiger partial charge in [-0.15, -0.1) is 22.7 Å². The minimum absolute atomic E-state index is 0.124. The number of nitrogens with one attached hydrogen (secondary N) is 1. The Morgan fingerprint density at radius 1 is 0.964 bits per heavy atom. The maximum absolute atomic E-state index is 12.7. The monoisotopic (exact) mass is 407 g/mol. The largest absolute Gasteiger partial charge is 0.478 e. The minimum Gasteiger partial charge on any atom is -0.478 e. The SMILES string of the molecule is Cc1ccc(-c2csc(NC(=O)c3cc4cc(C)ccc4s3)c2C(=O)O)cc1. The average Bonchev–Trinajstić information content (AvgIpc) is 3.26. The molecule has 0 aliphatic carbocycles. The number of benzene rings is 2. The van der Waals surface area contributed by atoms with Gasteiger partial charge in [-0.3, -0.25) is 4.79 Å². The van der Waals surface area contributed by atoms with E-state index in [1.165, 1.54) is 22.7 Å². The van der Waals surface area contributed by atoms with Crippen LogP contribution in [0.3, 0.4) is 0 Å². The molecule has 0 atom stereocenters. The molecular weight excluding hydrogens is 390 g/mol. The summed E-state index contributed by atoms with van der Waals surface area (Å²) < 4.78 is 1.03. The number of rotatable bonds is 4. The van der Waals surface area contributed by atoms with Gasteiger partial charge >= 0.3 is 5.97 Å². The van der Waals surface area contributed by atoms with Crippen LogP contribution in [0, 0.1) is 13.8 Å². The van der Waals surface area contributed by atoms with Crippen molar-refractivity contribution in [2.75, 3.05) is 5.32 Å². The Balaban J connectivity index is 1.67. The first-order chi connectivity index (χ1) is 13.4. The van der Waals surface area contributed by atoms with Crippen molar-refractivity contribution >= 4 is 49.6 Å². The molecule has 6 heteroatoms. The van der Waals surface area contributed by atoms with Crippen LogP contribution >= 0.6 is 22.7 Å². The van der Waals surface area contributed by atoms with Gasteiger partial charge in [0.1, 0.15) is 10.6 Å². The molecule has 28 heavy (non-hydrogen) atoms. The van der Waals surface area contributed by atoms with Crippen molar-refractivity contribution in [3.05, 3.63) is 75.5 Å². The highest BCUT2D eigenvalue weighted by atomic mass is 32.1. The Labute approximate surface area is 170 Å². The summed E-state index contributed by atoms with van der Waals surface area (Å²) in [4.78, 5) is 25.2. The highest BCUT2D eigenvalue weighted by Gasteiger charge is 2.22. The Kier molecular flexibility index (Phi) is 4.75. The first-order valence-electron chi connectivity index (χ1n) is 8.66. The first kappa shape index (κ1) is 18.4. The molecule has 4 rings (SSSR count). The predicted molar refractivity (Wildman–Crippen MR) is 116 cm³/mol. The lowest BCUT2D eigenvalue weighted by Crippen LogP contribution is -2.12. The Morgan fingerprint density at radius 3 is 2.39 bits per heavy atom. The van der Waals surface area contributed by atoms with E-state index in [9.17, 15) is 14.7 Å². The lowest BCUT2D eigenvalue weighted by atomic mass is 10.0. The van der Waals surface area contributed by atoms with Crippen LogP contribution in [0.15, 0.2) is 53.9 Å². The van der Waals surface area contributed by atoms with Gasteiger partial charge in [0.05, 0.1) is 4.88 Å². The first-order valence-corrected chi connectivity index (χ1v) is 10.4. The van der Waals surface area contributed by atoms with E-state index in [2.05, 4.69) is 5.32 Å². The lowest BCUT2D eigenvalue weighted by molar-refractivity contribution is 0.0699. The van der Waals surface area contributed by atoms with E-state index in [4.69, 9.17) is 0 Å². The molecule has 2 aromatic heterocycles.